The van der Waals surface area contributed by atoms with Crippen molar-refractivity contribution in [2.24, 2.45) is 0 Å². The summed E-state index contributed by atoms with van der Waals surface area (Å²) in [7, 11) is 1.62. The number of aromatic amines is 2. The van der Waals surface area contributed by atoms with Gasteiger partial charge in [0.25, 0.3) is 0 Å². The van der Waals surface area contributed by atoms with Gasteiger partial charge in [-0.2, -0.15) is 16.4 Å². The van der Waals surface area contributed by atoms with Crippen LogP contribution < -0.4 is 4.74 Å². The maximum Gasteiger partial charge on any atom is 0.159 e. The van der Waals surface area contributed by atoms with Gasteiger partial charge in [-0.25, -0.2) is 9.97 Å². The minimum absolute atomic E-state index is 0.661. The van der Waals surface area contributed by atoms with Gasteiger partial charge in [0.2, 0.25) is 0 Å². The number of methoxy groups -OCH3 is 1. The Kier molecular flexibility index (Phi) is 4.00. The van der Waals surface area contributed by atoms with Gasteiger partial charge >= 0.3 is 0 Å². The standard InChI is InChI=1S/C22H15N7OS/c1-30-15-6-13(8-23-10-15)14-7-16-19(28-29-21(16)25-9-14)22-26-17-2-4-24-18(20(17)27-22)12-3-5-31-11-12/h2-11H,1H3,(H,26,27)(H,25,28,29). The summed E-state index contributed by atoms with van der Waals surface area (Å²) in [5, 5.41) is 12.4. The molecule has 0 amide bonds. The first kappa shape index (κ1) is 17.7. The molecule has 0 spiro atoms. The Hall–Kier alpha value is -4.11. The van der Waals surface area contributed by atoms with Gasteiger partial charge in [0.15, 0.2) is 11.5 Å². The minimum Gasteiger partial charge on any atom is -0.495 e. The van der Waals surface area contributed by atoms with Gasteiger partial charge in [-0.05, 0) is 29.6 Å². The number of nitrogens with one attached hydrogen (secondary N) is 2. The molecule has 6 aromatic heterocycles. The highest BCUT2D eigenvalue weighted by Gasteiger charge is 2.17. The maximum absolute atomic E-state index is 5.30. The van der Waals surface area contributed by atoms with Crippen molar-refractivity contribution in [3.63, 3.8) is 0 Å². The Balaban J connectivity index is 1.50. The van der Waals surface area contributed by atoms with Crippen LogP contribution in [0, 0.1) is 0 Å². The number of H-pyrrole nitrogens is 2. The number of ether oxygens (including phenoxy) is 1. The van der Waals surface area contributed by atoms with Gasteiger partial charge in [0.1, 0.15) is 17.0 Å². The van der Waals surface area contributed by atoms with E-state index >= 15 is 0 Å². The number of thiophene rings is 1. The Morgan fingerprint density at radius 1 is 0.968 bits per heavy atom. The first-order valence-electron chi connectivity index (χ1n) is 9.51. The van der Waals surface area contributed by atoms with Crippen LogP contribution in [-0.2, 0) is 0 Å². The lowest BCUT2D eigenvalue weighted by atomic mass is 10.1. The van der Waals surface area contributed by atoms with Gasteiger partial charge in [-0.1, -0.05) is 0 Å². The second kappa shape index (κ2) is 6.99. The lowest BCUT2D eigenvalue weighted by molar-refractivity contribution is 0.413. The maximum atomic E-state index is 5.30. The molecule has 0 saturated heterocycles. The van der Waals surface area contributed by atoms with Gasteiger partial charge in [0.05, 0.1) is 29.9 Å². The number of fused-ring (bicyclic) bond motifs is 2. The molecule has 0 aliphatic rings. The SMILES string of the molecule is COc1cncc(-c2cnc3[nH]nc(-c4nc5c(-c6ccsc6)nccc5[nH]4)c3c2)c1. The average Bonchev–Trinajstić information content (AvgIpc) is 3.57. The summed E-state index contributed by atoms with van der Waals surface area (Å²) in [5.41, 5.74) is 6.83. The van der Waals surface area contributed by atoms with E-state index in [4.69, 9.17) is 9.72 Å². The second-order valence-electron chi connectivity index (χ2n) is 6.96. The highest BCUT2D eigenvalue weighted by Crippen LogP contribution is 2.32. The molecular formula is C22H15N7OS. The number of imidazole rings is 1. The topological polar surface area (TPSA) is 105 Å². The molecule has 0 bridgehead atoms. The van der Waals surface area contributed by atoms with Gasteiger partial charge in [-0.15, -0.1) is 0 Å². The summed E-state index contributed by atoms with van der Waals surface area (Å²) in [6, 6.07) is 7.92. The number of aromatic nitrogens is 7. The van der Waals surface area contributed by atoms with E-state index < -0.39 is 0 Å². The van der Waals surface area contributed by atoms with Crippen LogP contribution in [0.25, 0.3) is 56.0 Å². The third-order valence-corrected chi connectivity index (χ3v) is 5.80. The number of hydrogen-bond acceptors (Lipinski definition) is 7. The second-order valence-corrected chi connectivity index (χ2v) is 7.74. The lowest BCUT2D eigenvalue weighted by Crippen LogP contribution is -1.88. The zero-order valence-corrected chi connectivity index (χ0v) is 17.1. The van der Waals surface area contributed by atoms with Crippen molar-refractivity contribution in [2.75, 3.05) is 7.11 Å². The molecular weight excluding hydrogens is 410 g/mol. The first-order valence-corrected chi connectivity index (χ1v) is 10.5. The molecule has 6 aromatic rings. The predicted octanol–water partition coefficient (Wildman–Crippen LogP) is 4.70. The Labute approximate surface area is 180 Å². The molecule has 0 fully saturated rings. The molecule has 0 unspecified atom stereocenters. The molecule has 8 nitrogen and oxygen atoms in total. The van der Waals surface area contributed by atoms with Crippen LogP contribution in [0.5, 0.6) is 5.75 Å². The predicted molar refractivity (Wildman–Crippen MR) is 120 cm³/mol. The van der Waals surface area contributed by atoms with Crippen molar-refractivity contribution < 1.29 is 4.74 Å². The van der Waals surface area contributed by atoms with E-state index in [0.29, 0.717) is 22.9 Å². The molecule has 0 atom stereocenters. The highest BCUT2D eigenvalue weighted by atomic mass is 32.1. The molecule has 0 aliphatic heterocycles. The quantitative estimate of drug-likeness (QED) is 0.424. The van der Waals surface area contributed by atoms with Crippen LogP contribution in [0.3, 0.4) is 0 Å². The van der Waals surface area contributed by atoms with E-state index in [9.17, 15) is 0 Å². The van der Waals surface area contributed by atoms with E-state index in [1.165, 1.54) is 0 Å². The Morgan fingerprint density at radius 3 is 2.77 bits per heavy atom. The summed E-state index contributed by atoms with van der Waals surface area (Å²) in [6.45, 7) is 0. The average molecular weight is 425 g/mol. The molecule has 6 heterocycles. The van der Waals surface area contributed by atoms with Crippen LogP contribution >= 0.6 is 11.3 Å². The smallest absolute Gasteiger partial charge is 0.159 e. The number of hydrogen-bond donors (Lipinski definition) is 2. The summed E-state index contributed by atoms with van der Waals surface area (Å²) in [6.07, 6.45) is 7.03. The van der Waals surface area contributed by atoms with E-state index in [-0.39, 0.29) is 0 Å². The fourth-order valence-corrected chi connectivity index (χ4v) is 4.23. The normalized spacial score (nSPS) is 11.4. The van der Waals surface area contributed by atoms with Crippen molar-refractivity contribution >= 4 is 33.4 Å². The van der Waals surface area contributed by atoms with E-state index in [0.717, 1.165) is 38.8 Å². The van der Waals surface area contributed by atoms with E-state index in [1.807, 2.05) is 29.6 Å². The summed E-state index contributed by atoms with van der Waals surface area (Å²) in [4.78, 5) is 21.5. The van der Waals surface area contributed by atoms with Crippen LogP contribution in [0.2, 0.25) is 0 Å². The molecule has 0 saturated carbocycles. The molecule has 0 aromatic carbocycles. The van der Waals surface area contributed by atoms with Crippen molar-refractivity contribution in [1.29, 1.82) is 0 Å². The highest BCUT2D eigenvalue weighted by molar-refractivity contribution is 7.08. The number of nitrogens with zero attached hydrogens (tertiary/aromatic N) is 5. The van der Waals surface area contributed by atoms with Gasteiger partial charge in [-0.3, -0.25) is 15.1 Å². The first-order chi connectivity index (χ1) is 15.3. The summed E-state index contributed by atoms with van der Waals surface area (Å²) < 4.78 is 5.30. The molecule has 0 aliphatic carbocycles. The largest absolute Gasteiger partial charge is 0.495 e. The van der Waals surface area contributed by atoms with Crippen LogP contribution in [0.15, 0.2) is 59.8 Å². The van der Waals surface area contributed by atoms with Crippen molar-refractivity contribution in [3.05, 3.63) is 59.8 Å². The van der Waals surface area contributed by atoms with Crippen LogP contribution in [0.1, 0.15) is 0 Å². The van der Waals surface area contributed by atoms with E-state index in [1.54, 1.807) is 43.2 Å². The summed E-state index contributed by atoms with van der Waals surface area (Å²) >= 11 is 1.63. The van der Waals surface area contributed by atoms with Crippen LogP contribution in [0.4, 0.5) is 0 Å². The van der Waals surface area contributed by atoms with Crippen LogP contribution in [-0.4, -0.2) is 42.2 Å². The minimum atomic E-state index is 0.661. The zero-order chi connectivity index (χ0) is 20.8. The molecule has 9 heteroatoms. The third kappa shape index (κ3) is 2.94. The molecule has 2 N–H and O–H groups in total. The molecule has 31 heavy (non-hydrogen) atoms. The number of rotatable bonds is 4. The lowest BCUT2D eigenvalue weighted by Gasteiger charge is -2.04. The fourth-order valence-electron chi connectivity index (χ4n) is 3.59. The molecule has 6 rings (SSSR count). The number of pyridine rings is 3. The zero-order valence-electron chi connectivity index (χ0n) is 16.3. The van der Waals surface area contributed by atoms with E-state index in [2.05, 4.69) is 35.5 Å². The molecule has 150 valence electrons. The molecule has 0 radical (unpaired) electrons. The van der Waals surface area contributed by atoms with Crippen molar-refractivity contribution in [3.8, 4) is 39.7 Å². The third-order valence-electron chi connectivity index (χ3n) is 5.12. The monoisotopic (exact) mass is 425 g/mol. The Morgan fingerprint density at radius 2 is 1.90 bits per heavy atom. The van der Waals surface area contributed by atoms with Gasteiger partial charge in [0, 0.05) is 40.7 Å². The fraction of sp³-hybridized carbons (Fsp3) is 0.0455. The summed E-state index contributed by atoms with van der Waals surface area (Å²) in [5.74, 6) is 1.35. The van der Waals surface area contributed by atoms with Crippen molar-refractivity contribution in [1.82, 2.24) is 35.1 Å². The van der Waals surface area contributed by atoms with Gasteiger partial charge < -0.3 is 9.72 Å². The van der Waals surface area contributed by atoms with Crippen molar-refractivity contribution in [2.45, 2.75) is 0 Å². The Bertz CT molecular complexity index is 1530.